The van der Waals surface area contributed by atoms with E-state index in [1.165, 1.54) is 12.8 Å². The number of hydrogen-bond donors (Lipinski definition) is 2. The highest BCUT2D eigenvalue weighted by molar-refractivity contribution is 5.82. The summed E-state index contributed by atoms with van der Waals surface area (Å²) >= 11 is 0. The van der Waals surface area contributed by atoms with Crippen molar-refractivity contribution in [3.63, 3.8) is 0 Å². The molecule has 0 spiro atoms. The van der Waals surface area contributed by atoms with Crippen LogP contribution in [0.15, 0.2) is 0 Å². The summed E-state index contributed by atoms with van der Waals surface area (Å²) in [5.74, 6) is 1.61. The monoisotopic (exact) mass is 226 g/mol. The Morgan fingerprint density at radius 2 is 2.00 bits per heavy atom. The second-order valence-corrected chi connectivity index (χ2v) is 5.22. The number of rotatable bonds is 7. The van der Waals surface area contributed by atoms with Crippen molar-refractivity contribution in [2.24, 2.45) is 23.0 Å². The molecule has 3 N–H and O–H groups in total. The van der Waals surface area contributed by atoms with Crippen LogP contribution < -0.4 is 11.1 Å². The fraction of sp³-hybridized carbons (Fsp3) is 0.923. The van der Waals surface area contributed by atoms with Gasteiger partial charge in [0.05, 0.1) is 5.41 Å². The summed E-state index contributed by atoms with van der Waals surface area (Å²) in [5, 5.41) is 3.08. The summed E-state index contributed by atoms with van der Waals surface area (Å²) < 4.78 is 0. The van der Waals surface area contributed by atoms with Gasteiger partial charge in [-0.1, -0.05) is 20.8 Å². The molecule has 1 unspecified atom stereocenters. The molecule has 0 heterocycles. The lowest BCUT2D eigenvalue weighted by molar-refractivity contribution is -0.131. The summed E-state index contributed by atoms with van der Waals surface area (Å²) in [4.78, 5) is 12.1. The topological polar surface area (TPSA) is 55.1 Å². The Morgan fingerprint density at radius 3 is 2.38 bits per heavy atom. The summed E-state index contributed by atoms with van der Waals surface area (Å²) in [5.41, 5.74) is 5.40. The Hall–Kier alpha value is -0.570. The number of carbonyl (C=O) groups excluding carboxylic acids is 1. The second-order valence-electron chi connectivity index (χ2n) is 5.22. The van der Waals surface area contributed by atoms with Gasteiger partial charge in [-0.25, -0.2) is 0 Å². The SMILES string of the molecule is CCC(CC)(CN)C(=O)NCC(C)C1CC1. The predicted octanol–water partition coefficient (Wildman–Crippen LogP) is 1.91. The van der Waals surface area contributed by atoms with E-state index in [4.69, 9.17) is 5.73 Å². The quantitative estimate of drug-likeness (QED) is 0.697. The number of amides is 1. The minimum Gasteiger partial charge on any atom is -0.355 e. The molecule has 1 amide bonds. The smallest absolute Gasteiger partial charge is 0.227 e. The Balaban J connectivity index is 2.42. The summed E-state index contributed by atoms with van der Waals surface area (Å²) in [6.07, 6.45) is 4.31. The third kappa shape index (κ3) is 2.97. The number of carbonyl (C=O) groups is 1. The molecule has 1 aliphatic carbocycles. The molecule has 0 aliphatic heterocycles. The molecule has 0 aromatic heterocycles. The maximum atomic E-state index is 12.1. The molecule has 16 heavy (non-hydrogen) atoms. The number of hydrogen-bond acceptors (Lipinski definition) is 2. The highest BCUT2D eigenvalue weighted by Gasteiger charge is 2.34. The molecule has 0 bridgehead atoms. The van der Waals surface area contributed by atoms with Gasteiger partial charge in [0, 0.05) is 13.1 Å². The van der Waals surface area contributed by atoms with Crippen molar-refractivity contribution in [2.45, 2.75) is 46.5 Å². The molecular formula is C13H26N2O. The zero-order chi connectivity index (χ0) is 12.2. The van der Waals surface area contributed by atoms with E-state index in [2.05, 4.69) is 12.2 Å². The maximum absolute atomic E-state index is 12.1. The van der Waals surface area contributed by atoms with Crippen LogP contribution in [0.1, 0.15) is 46.5 Å². The minimum absolute atomic E-state index is 0.146. The van der Waals surface area contributed by atoms with Crippen LogP contribution in [0.2, 0.25) is 0 Å². The summed E-state index contributed by atoms with van der Waals surface area (Å²) in [6, 6.07) is 0. The lowest BCUT2D eigenvalue weighted by atomic mass is 9.81. The average molecular weight is 226 g/mol. The standard InChI is InChI=1S/C13H26N2O/c1-4-13(5-2,9-14)12(16)15-8-10(3)11-6-7-11/h10-11H,4-9,14H2,1-3H3,(H,15,16). The molecule has 94 valence electrons. The van der Waals surface area contributed by atoms with E-state index in [-0.39, 0.29) is 11.3 Å². The Kier molecular flexibility index (Phi) is 4.78. The molecular weight excluding hydrogens is 200 g/mol. The largest absolute Gasteiger partial charge is 0.355 e. The van der Waals surface area contributed by atoms with Crippen molar-refractivity contribution in [3.05, 3.63) is 0 Å². The van der Waals surface area contributed by atoms with Crippen LogP contribution in [-0.4, -0.2) is 19.0 Å². The van der Waals surface area contributed by atoms with Crippen molar-refractivity contribution >= 4 is 5.91 Å². The van der Waals surface area contributed by atoms with Crippen LogP contribution in [-0.2, 0) is 4.79 Å². The predicted molar refractivity (Wildman–Crippen MR) is 67.0 cm³/mol. The van der Waals surface area contributed by atoms with Crippen molar-refractivity contribution in [3.8, 4) is 0 Å². The first-order chi connectivity index (χ1) is 7.59. The van der Waals surface area contributed by atoms with Crippen LogP contribution in [0.4, 0.5) is 0 Å². The molecule has 3 nitrogen and oxygen atoms in total. The zero-order valence-electron chi connectivity index (χ0n) is 10.9. The second kappa shape index (κ2) is 5.67. The average Bonchev–Trinajstić information content (AvgIpc) is 3.13. The lowest BCUT2D eigenvalue weighted by Gasteiger charge is -2.29. The van der Waals surface area contributed by atoms with E-state index in [9.17, 15) is 4.79 Å². The third-order valence-corrected chi connectivity index (χ3v) is 4.24. The Morgan fingerprint density at radius 1 is 1.44 bits per heavy atom. The van der Waals surface area contributed by atoms with Crippen LogP contribution in [0.25, 0.3) is 0 Å². The van der Waals surface area contributed by atoms with E-state index in [0.717, 1.165) is 25.3 Å². The van der Waals surface area contributed by atoms with Gasteiger partial charge in [0.15, 0.2) is 0 Å². The Labute approximate surface area is 99.2 Å². The van der Waals surface area contributed by atoms with Crippen molar-refractivity contribution < 1.29 is 4.79 Å². The highest BCUT2D eigenvalue weighted by Crippen LogP contribution is 2.36. The van der Waals surface area contributed by atoms with Gasteiger partial charge in [-0.15, -0.1) is 0 Å². The molecule has 0 radical (unpaired) electrons. The van der Waals surface area contributed by atoms with Gasteiger partial charge in [-0.05, 0) is 37.5 Å². The molecule has 1 rings (SSSR count). The third-order valence-electron chi connectivity index (χ3n) is 4.24. The summed E-state index contributed by atoms with van der Waals surface area (Å²) in [7, 11) is 0. The molecule has 1 atom stereocenters. The van der Waals surface area contributed by atoms with Gasteiger partial charge < -0.3 is 11.1 Å². The molecule has 0 saturated heterocycles. The van der Waals surface area contributed by atoms with Crippen molar-refractivity contribution in [1.29, 1.82) is 0 Å². The first-order valence-corrected chi connectivity index (χ1v) is 6.58. The van der Waals surface area contributed by atoms with E-state index in [1.807, 2.05) is 13.8 Å². The van der Waals surface area contributed by atoms with Crippen LogP contribution in [0.3, 0.4) is 0 Å². The minimum atomic E-state index is -0.344. The lowest BCUT2D eigenvalue weighted by Crippen LogP contribution is -2.46. The van der Waals surface area contributed by atoms with E-state index >= 15 is 0 Å². The van der Waals surface area contributed by atoms with Crippen molar-refractivity contribution in [1.82, 2.24) is 5.32 Å². The fourth-order valence-electron chi connectivity index (χ4n) is 2.23. The van der Waals surface area contributed by atoms with E-state index in [1.54, 1.807) is 0 Å². The molecule has 0 aromatic rings. The van der Waals surface area contributed by atoms with Gasteiger partial charge in [-0.2, -0.15) is 0 Å². The van der Waals surface area contributed by atoms with Gasteiger partial charge >= 0.3 is 0 Å². The zero-order valence-corrected chi connectivity index (χ0v) is 10.9. The van der Waals surface area contributed by atoms with Gasteiger partial charge in [0.25, 0.3) is 0 Å². The van der Waals surface area contributed by atoms with Gasteiger partial charge in [-0.3, -0.25) is 4.79 Å². The van der Waals surface area contributed by atoms with Crippen LogP contribution in [0, 0.1) is 17.3 Å². The summed E-state index contributed by atoms with van der Waals surface area (Å²) in [6.45, 7) is 7.56. The van der Waals surface area contributed by atoms with E-state index in [0.29, 0.717) is 12.5 Å². The Bertz CT molecular complexity index is 224. The van der Waals surface area contributed by atoms with Crippen LogP contribution >= 0.6 is 0 Å². The highest BCUT2D eigenvalue weighted by atomic mass is 16.2. The van der Waals surface area contributed by atoms with Gasteiger partial charge in [0.2, 0.25) is 5.91 Å². The normalized spacial score (nSPS) is 18.2. The molecule has 1 aliphatic rings. The molecule has 3 heteroatoms. The number of nitrogens with two attached hydrogens (primary N) is 1. The van der Waals surface area contributed by atoms with E-state index < -0.39 is 0 Å². The fourth-order valence-corrected chi connectivity index (χ4v) is 2.23. The first-order valence-electron chi connectivity index (χ1n) is 6.58. The van der Waals surface area contributed by atoms with Gasteiger partial charge in [0.1, 0.15) is 0 Å². The van der Waals surface area contributed by atoms with Crippen LogP contribution in [0.5, 0.6) is 0 Å². The molecule has 0 aromatic carbocycles. The molecule has 1 saturated carbocycles. The molecule has 1 fully saturated rings. The maximum Gasteiger partial charge on any atom is 0.227 e. The van der Waals surface area contributed by atoms with Crippen molar-refractivity contribution in [2.75, 3.05) is 13.1 Å². The first kappa shape index (κ1) is 13.5. The number of nitrogens with one attached hydrogen (secondary N) is 1.